The Morgan fingerprint density at radius 2 is 2.00 bits per heavy atom. The first-order chi connectivity index (χ1) is 12.4. The van der Waals surface area contributed by atoms with Gasteiger partial charge in [-0.3, -0.25) is 4.79 Å². The van der Waals surface area contributed by atoms with Gasteiger partial charge in [0, 0.05) is 26.2 Å². The number of amides is 1. The van der Waals surface area contributed by atoms with Crippen LogP contribution in [0.4, 0.5) is 13.2 Å². The summed E-state index contributed by atoms with van der Waals surface area (Å²) in [6.07, 6.45) is -2.26. The molecule has 2 heterocycles. The third-order valence-corrected chi connectivity index (χ3v) is 4.75. The lowest BCUT2D eigenvalue weighted by molar-refractivity contribution is -0.137. The Morgan fingerprint density at radius 1 is 1.23 bits per heavy atom. The number of nitrogens with one attached hydrogen (secondary N) is 1. The first-order valence-corrected chi connectivity index (χ1v) is 8.75. The smallest absolute Gasteiger partial charge is 0.352 e. The lowest BCUT2D eigenvalue weighted by Gasteiger charge is -2.12. The van der Waals surface area contributed by atoms with Crippen molar-refractivity contribution in [3.8, 4) is 10.6 Å². The summed E-state index contributed by atoms with van der Waals surface area (Å²) in [5.74, 6) is 0.00317. The van der Waals surface area contributed by atoms with E-state index in [4.69, 9.17) is 0 Å². The van der Waals surface area contributed by atoms with E-state index in [0.717, 1.165) is 22.5 Å². The number of aryl methyl sites for hydroxylation is 1. The van der Waals surface area contributed by atoms with E-state index in [1.54, 1.807) is 11.3 Å². The van der Waals surface area contributed by atoms with Crippen LogP contribution < -0.4 is 5.32 Å². The summed E-state index contributed by atoms with van der Waals surface area (Å²) in [7, 11) is 1.85. The van der Waals surface area contributed by atoms with Gasteiger partial charge in [0.25, 0.3) is 5.91 Å². The fourth-order valence-corrected chi connectivity index (χ4v) is 3.27. The molecule has 0 aliphatic carbocycles. The number of alkyl halides is 3. The Labute approximate surface area is 152 Å². The monoisotopic (exact) mass is 379 g/mol. The maximum atomic E-state index is 13.0. The van der Waals surface area contributed by atoms with Gasteiger partial charge in [0.2, 0.25) is 0 Å². The van der Waals surface area contributed by atoms with Crippen LogP contribution in [-0.2, 0) is 19.6 Å². The van der Waals surface area contributed by atoms with Gasteiger partial charge in [-0.25, -0.2) is 4.98 Å². The molecule has 0 spiro atoms. The van der Waals surface area contributed by atoms with Gasteiger partial charge in [-0.2, -0.15) is 13.2 Å². The Balaban J connectivity index is 1.65. The summed E-state index contributed by atoms with van der Waals surface area (Å²) in [4.78, 5) is 17.7. The number of nitrogens with zero attached hydrogens (tertiary/aromatic N) is 2. The molecule has 26 heavy (non-hydrogen) atoms. The van der Waals surface area contributed by atoms with Gasteiger partial charge in [-0.15, -0.1) is 11.3 Å². The van der Waals surface area contributed by atoms with Crippen LogP contribution >= 0.6 is 11.3 Å². The SMILES string of the molecule is Cn1cc(-c2cccs2)nc1CCNC(=O)c1ccccc1C(F)(F)F. The van der Waals surface area contributed by atoms with Crippen LogP contribution in [0.3, 0.4) is 0 Å². The molecule has 136 valence electrons. The van der Waals surface area contributed by atoms with Gasteiger partial charge in [0.05, 0.1) is 21.7 Å². The number of benzene rings is 1. The average molecular weight is 379 g/mol. The van der Waals surface area contributed by atoms with Crippen LogP contribution in [0.5, 0.6) is 0 Å². The third-order valence-electron chi connectivity index (χ3n) is 3.86. The van der Waals surface area contributed by atoms with Crippen molar-refractivity contribution in [3.63, 3.8) is 0 Å². The molecule has 0 fully saturated rings. The molecule has 0 radical (unpaired) electrons. The highest BCUT2D eigenvalue weighted by Gasteiger charge is 2.34. The quantitative estimate of drug-likeness (QED) is 0.724. The number of halogens is 3. The fraction of sp³-hybridized carbons (Fsp3) is 0.222. The van der Waals surface area contributed by atoms with Crippen molar-refractivity contribution in [1.29, 1.82) is 0 Å². The minimum atomic E-state index is -4.57. The first kappa shape index (κ1) is 18.2. The van der Waals surface area contributed by atoms with Gasteiger partial charge in [-0.1, -0.05) is 18.2 Å². The molecule has 3 rings (SSSR count). The zero-order valence-electron chi connectivity index (χ0n) is 13.9. The van der Waals surface area contributed by atoms with E-state index in [0.29, 0.717) is 6.42 Å². The molecule has 0 unspecified atom stereocenters. The topological polar surface area (TPSA) is 46.9 Å². The lowest BCUT2D eigenvalue weighted by atomic mass is 10.1. The maximum absolute atomic E-state index is 13.0. The van der Waals surface area contributed by atoms with E-state index in [1.165, 1.54) is 18.2 Å². The molecule has 0 saturated heterocycles. The highest BCUT2D eigenvalue weighted by atomic mass is 32.1. The van der Waals surface area contributed by atoms with Crippen molar-refractivity contribution in [2.45, 2.75) is 12.6 Å². The predicted molar refractivity (Wildman–Crippen MR) is 94.0 cm³/mol. The summed E-state index contributed by atoms with van der Waals surface area (Å²) in [5.41, 5.74) is -0.472. The number of imidazole rings is 1. The Bertz CT molecular complexity index is 901. The third kappa shape index (κ3) is 3.96. The minimum Gasteiger partial charge on any atom is -0.352 e. The molecule has 0 aliphatic rings. The molecule has 8 heteroatoms. The molecular formula is C18H16F3N3OS. The van der Waals surface area contributed by atoms with Crippen LogP contribution in [0, 0.1) is 0 Å². The van der Waals surface area contributed by atoms with Crippen LogP contribution in [0.1, 0.15) is 21.7 Å². The second kappa shape index (κ2) is 7.33. The van der Waals surface area contributed by atoms with Crippen molar-refractivity contribution in [1.82, 2.24) is 14.9 Å². The summed E-state index contributed by atoms with van der Waals surface area (Å²) in [6, 6.07) is 8.66. The molecule has 3 aromatic rings. The van der Waals surface area contributed by atoms with Crippen LogP contribution in [0.2, 0.25) is 0 Å². The molecule has 1 amide bonds. The zero-order chi connectivity index (χ0) is 18.7. The number of hydrogen-bond donors (Lipinski definition) is 1. The molecule has 1 aromatic carbocycles. The molecule has 0 bridgehead atoms. The van der Waals surface area contributed by atoms with E-state index >= 15 is 0 Å². The molecule has 0 atom stereocenters. The van der Waals surface area contributed by atoms with E-state index in [2.05, 4.69) is 10.3 Å². The largest absolute Gasteiger partial charge is 0.417 e. The molecule has 1 N–H and O–H groups in total. The number of carbonyl (C=O) groups is 1. The van der Waals surface area contributed by atoms with Crippen molar-refractivity contribution >= 4 is 17.2 Å². The van der Waals surface area contributed by atoms with Gasteiger partial charge in [0.15, 0.2) is 0 Å². The Kier molecular flexibility index (Phi) is 5.13. The standard InChI is InChI=1S/C18H16F3N3OS/c1-24-11-14(15-7-4-10-26-15)23-16(24)8-9-22-17(25)12-5-2-3-6-13(12)18(19,20)21/h2-7,10-11H,8-9H2,1H3,(H,22,25). The summed E-state index contributed by atoms with van der Waals surface area (Å²) in [5, 5.41) is 4.50. The molecular weight excluding hydrogens is 363 g/mol. The molecule has 2 aromatic heterocycles. The van der Waals surface area contributed by atoms with Crippen molar-refractivity contribution in [2.75, 3.05) is 6.54 Å². The number of carbonyl (C=O) groups excluding carboxylic acids is 1. The summed E-state index contributed by atoms with van der Waals surface area (Å²) in [6.45, 7) is 0.194. The Hall–Kier alpha value is -2.61. The number of aromatic nitrogens is 2. The van der Waals surface area contributed by atoms with E-state index < -0.39 is 17.6 Å². The minimum absolute atomic E-state index is 0.194. The van der Waals surface area contributed by atoms with E-state index in [9.17, 15) is 18.0 Å². The number of hydrogen-bond acceptors (Lipinski definition) is 3. The summed E-state index contributed by atoms with van der Waals surface area (Å²) < 4.78 is 40.8. The molecule has 0 saturated carbocycles. The lowest BCUT2D eigenvalue weighted by Crippen LogP contribution is -2.28. The van der Waals surface area contributed by atoms with E-state index in [-0.39, 0.29) is 12.1 Å². The fourth-order valence-electron chi connectivity index (χ4n) is 2.59. The van der Waals surface area contributed by atoms with Crippen LogP contribution in [-0.4, -0.2) is 22.0 Å². The molecule has 0 aliphatic heterocycles. The highest BCUT2D eigenvalue weighted by Crippen LogP contribution is 2.31. The highest BCUT2D eigenvalue weighted by molar-refractivity contribution is 7.13. The molecule has 4 nitrogen and oxygen atoms in total. The Morgan fingerprint density at radius 3 is 2.69 bits per heavy atom. The van der Waals surface area contributed by atoms with Gasteiger partial charge in [-0.05, 0) is 23.6 Å². The number of rotatable bonds is 5. The van der Waals surface area contributed by atoms with Gasteiger partial charge >= 0.3 is 6.18 Å². The van der Waals surface area contributed by atoms with E-state index in [1.807, 2.05) is 35.3 Å². The zero-order valence-corrected chi connectivity index (χ0v) is 14.7. The van der Waals surface area contributed by atoms with Gasteiger partial charge < -0.3 is 9.88 Å². The number of thiophene rings is 1. The summed E-state index contributed by atoms with van der Waals surface area (Å²) >= 11 is 1.58. The second-order valence-corrected chi connectivity index (χ2v) is 6.63. The van der Waals surface area contributed by atoms with Crippen LogP contribution in [0.15, 0.2) is 48.0 Å². The maximum Gasteiger partial charge on any atom is 0.417 e. The van der Waals surface area contributed by atoms with Gasteiger partial charge in [0.1, 0.15) is 5.82 Å². The predicted octanol–water partition coefficient (Wildman–Crippen LogP) is 4.14. The van der Waals surface area contributed by atoms with Crippen LogP contribution in [0.25, 0.3) is 10.6 Å². The van der Waals surface area contributed by atoms with Crippen molar-refractivity contribution in [3.05, 3.63) is 64.9 Å². The van der Waals surface area contributed by atoms with Crippen molar-refractivity contribution in [2.24, 2.45) is 7.05 Å². The first-order valence-electron chi connectivity index (χ1n) is 7.87. The van der Waals surface area contributed by atoms with Crippen molar-refractivity contribution < 1.29 is 18.0 Å². The second-order valence-electron chi connectivity index (χ2n) is 5.68. The average Bonchev–Trinajstić information content (AvgIpc) is 3.24. The normalized spacial score (nSPS) is 11.5.